The molecule has 0 unspecified atom stereocenters. The third kappa shape index (κ3) is 1.94. The minimum absolute atomic E-state index is 0.175. The van der Waals surface area contributed by atoms with Crippen LogP contribution in [-0.4, -0.2) is 16.0 Å². The summed E-state index contributed by atoms with van der Waals surface area (Å²) in [5, 5.41) is 3.52. The van der Waals surface area contributed by atoms with Gasteiger partial charge in [0.15, 0.2) is 5.82 Å². The van der Waals surface area contributed by atoms with E-state index in [0.717, 1.165) is 11.8 Å². The van der Waals surface area contributed by atoms with Gasteiger partial charge in [0.05, 0.1) is 6.33 Å². The molecule has 1 aromatic rings. The van der Waals surface area contributed by atoms with Crippen LogP contribution in [-0.2, 0) is 0 Å². The second-order valence-electron chi connectivity index (χ2n) is 4.74. The van der Waals surface area contributed by atoms with Gasteiger partial charge in [-0.15, -0.1) is 0 Å². The average molecular weight is 240 g/mol. The molecule has 5 heteroatoms. The lowest BCUT2D eigenvalue weighted by molar-refractivity contribution is 0.565. The highest BCUT2D eigenvalue weighted by atomic mass is 35.5. The number of aromatic amines is 1. The molecule has 2 aliphatic rings. The smallest absolute Gasteiger partial charge is 0.271 e. The van der Waals surface area contributed by atoms with E-state index in [-0.39, 0.29) is 10.6 Å². The Labute approximate surface area is 98.4 Å². The van der Waals surface area contributed by atoms with Gasteiger partial charge >= 0.3 is 0 Å². The minimum atomic E-state index is -0.274. The number of hydrogen-bond acceptors (Lipinski definition) is 3. The van der Waals surface area contributed by atoms with E-state index in [1.54, 1.807) is 0 Å². The third-order valence-electron chi connectivity index (χ3n) is 3.36. The van der Waals surface area contributed by atoms with Crippen molar-refractivity contribution in [2.75, 3.05) is 5.32 Å². The summed E-state index contributed by atoms with van der Waals surface area (Å²) < 4.78 is 0. The van der Waals surface area contributed by atoms with Gasteiger partial charge in [0.2, 0.25) is 0 Å². The molecule has 3 rings (SSSR count). The van der Waals surface area contributed by atoms with Crippen molar-refractivity contribution in [1.82, 2.24) is 9.97 Å². The van der Waals surface area contributed by atoms with E-state index >= 15 is 0 Å². The number of halogens is 1. The highest BCUT2D eigenvalue weighted by Gasteiger charge is 2.41. The van der Waals surface area contributed by atoms with Crippen molar-refractivity contribution in [2.24, 2.45) is 11.8 Å². The van der Waals surface area contributed by atoms with Crippen molar-refractivity contribution in [1.29, 1.82) is 0 Å². The fourth-order valence-electron chi connectivity index (χ4n) is 2.17. The van der Waals surface area contributed by atoms with Crippen LogP contribution in [0.3, 0.4) is 0 Å². The van der Waals surface area contributed by atoms with Crippen LogP contribution in [0.25, 0.3) is 0 Å². The molecular weight excluding hydrogens is 226 g/mol. The van der Waals surface area contributed by atoms with E-state index in [9.17, 15) is 4.79 Å². The summed E-state index contributed by atoms with van der Waals surface area (Å²) in [5.74, 6) is 2.04. The predicted octanol–water partition coefficient (Wildman–Crippen LogP) is 2.02. The maximum absolute atomic E-state index is 11.3. The van der Waals surface area contributed by atoms with Crippen molar-refractivity contribution >= 4 is 17.4 Å². The summed E-state index contributed by atoms with van der Waals surface area (Å²) in [5.41, 5.74) is -0.274. The molecule has 16 heavy (non-hydrogen) atoms. The van der Waals surface area contributed by atoms with E-state index < -0.39 is 0 Å². The molecule has 2 aliphatic carbocycles. The Morgan fingerprint density at radius 2 is 2.00 bits per heavy atom. The first-order valence-corrected chi connectivity index (χ1v) is 6.13. The number of anilines is 1. The second kappa shape index (κ2) is 3.77. The normalized spacial score (nSPS) is 20.1. The van der Waals surface area contributed by atoms with Gasteiger partial charge in [0.1, 0.15) is 5.02 Å². The van der Waals surface area contributed by atoms with E-state index in [1.165, 1.54) is 32.0 Å². The molecule has 0 spiro atoms. The van der Waals surface area contributed by atoms with E-state index in [1.807, 2.05) is 0 Å². The fourth-order valence-corrected chi connectivity index (χ4v) is 2.33. The Bertz CT molecular complexity index is 439. The Morgan fingerprint density at radius 1 is 1.38 bits per heavy atom. The molecule has 0 saturated heterocycles. The fraction of sp³-hybridized carbons (Fsp3) is 0.636. The highest BCUT2D eigenvalue weighted by Crippen LogP contribution is 2.45. The van der Waals surface area contributed by atoms with Gasteiger partial charge in [-0.3, -0.25) is 4.79 Å². The van der Waals surface area contributed by atoms with E-state index in [0.29, 0.717) is 11.9 Å². The van der Waals surface area contributed by atoms with Crippen LogP contribution < -0.4 is 10.9 Å². The summed E-state index contributed by atoms with van der Waals surface area (Å²) in [7, 11) is 0. The Balaban J connectivity index is 1.81. The summed E-state index contributed by atoms with van der Waals surface area (Å²) in [6.45, 7) is 0. The average Bonchev–Trinajstić information content (AvgIpc) is 3.15. The van der Waals surface area contributed by atoms with Gasteiger partial charge < -0.3 is 10.3 Å². The molecular formula is C11H14ClN3O. The van der Waals surface area contributed by atoms with Crippen LogP contribution in [0.2, 0.25) is 5.02 Å². The molecule has 1 heterocycles. The molecule has 2 saturated carbocycles. The standard InChI is InChI=1S/C11H14ClN3O/c12-8-10(13-5-14-11(8)16)15-9(6-1-2-6)7-3-4-7/h5-7,9H,1-4H2,(H2,13,14,15,16). The Hall–Kier alpha value is -1.03. The topological polar surface area (TPSA) is 57.8 Å². The number of hydrogen-bond donors (Lipinski definition) is 2. The van der Waals surface area contributed by atoms with E-state index in [4.69, 9.17) is 11.6 Å². The largest absolute Gasteiger partial charge is 0.365 e. The van der Waals surface area contributed by atoms with Crippen molar-refractivity contribution in [3.8, 4) is 0 Å². The SMILES string of the molecule is O=c1[nH]cnc(NC(C2CC2)C2CC2)c1Cl. The summed E-state index contributed by atoms with van der Waals surface area (Å²) in [6, 6.07) is 0.465. The lowest BCUT2D eigenvalue weighted by Gasteiger charge is -2.18. The molecule has 0 amide bonds. The first-order valence-electron chi connectivity index (χ1n) is 5.75. The number of rotatable bonds is 4. The Kier molecular flexibility index (Phi) is 2.39. The zero-order valence-electron chi connectivity index (χ0n) is 8.87. The third-order valence-corrected chi connectivity index (χ3v) is 3.71. The van der Waals surface area contributed by atoms with Crippen molar-refractivity contribution < 1.29 is 0 Å². The molecule has 2 N–H and O–H groups in total. The number of nitrogens with zero attached hydrogens (tertiary/aromatic N) is 1. The van der Waals surface area contributed by atoms with E-state index in [2.05, 4.69) is 15.3 Å². The summed E-state index contributed by atoms with van der Waals surface area (Å²) in [4.78, 5) is 17.9. The van der Waals surface area contributed by atoms with Gasteiger partial charge in [-0.1, -0.05) is 11.6 Å². The molecule has 0 atom stereocenters. The molecule has 0 aromatic carbocycles. The quantitative estimate of drug-likeness (QED) is 0.845. The van der Waals surface area contributed by atoms with Gasteiger partial charge in [0, 0.05) is 6.04 Å². The Morgan fingerprint density at radius 3 is 2.56 bits per heavy atom. The maximum atomic E-state index is 11.3. The van der Waals surface area contributed by atoms with Crippen LogP contribution in [0.5, 0.6) is 0 Å². The summed E-state index contributed by atoms with van der Waals surface area (Å²) in [6.07, 6.45) is 6.54. The molecule has 86 valence electrons. The number of H-pyrrole nitrogens is 1. The lowest BCUT2D eigenvalue weighted by atomic mass is 10.1. The van der Waals surface area contributed by atoms with Crippen molar-refractivity contribution in [2.45, 2.75) is 31.7 Å². The van der Waals surface area contributed by atoms with Crippen molar-refractivity contribution in [3.05, 3.63) is 21.7 Å². The molecule has 0 bridgehead atoms. The monoisotopic (exact) mass is 239 g/mol. The number of aromatic nitrogens is 2. The first-order chi connectivity index (χ1) is 7.75. The zero-order valence-corrected chi connectivity index (χ0v) is 9.63. The van der Waals surface area contributed by atoms with Crippen molar-refractivity contribution in [3.63, 3.8) is 0 Å². The second-order valence-corrected chi connectivity index (χ2v) is 5.12. The van der Waals surface area contributed by atoms with Gasteiger partial charge in [0.25, 0.3) is 5.56 Å². The van der Waals surface area contributed by atoms with Gasteiger partial charge in [-0.05, 0) is 37.5 Å². The maximum Gasteiger partial charge on any atom is 0.271 e. The van der Waals surface area contributed by atoms with Crippen LogP contribution in [0.15, 0.2) is 11.1 Å². The first kappa shape index (κ1) is 10.1. The number of nitrogens with one attached hydrogen (secondary N) is 2. The summed E-state index contributed by atoms with van der Waals surface area (Å²) >= 11 is 5.92. The molecule has 0 radical (unpaired) electrons. The molecule has 4 nitrogen and oxygen atoms in total. The lowest BCUT2D eigenvalue weighted by Crippen LogP contribution is -2.26. The van der Waals surface area contributed by atoms with Crippen LogP contribution in [0, 0.1) is 11.8 Å². The minimum Gasteiger partial charge on any atom is -0.365 e. The van der Waals surface area contributed by atoms with Crippen LogP contribution in [0.4, 0.5) is 5.82 Å². The molecule has 1 aromatic heterocycles. The molecule has 0 aliphatic heterocycles. The van der Waals surface area contributed by atoms with Crippen LogP contribution >= 0.6 is 11.6 Å². The van der Waals surface area contributed by atoms with Gasteiger partial charge in [-0.25, -0.2) is 4.98 Å². The van der Waals surface area contributed by atoms with Crippen LogP contribution in [0.1, 0.15) is 25.7 Å². The molecule has 2 fully saturated rings. The van der Waals surface area contributed by atoms with Gasteiger partial charge in [-0.2, -0.15) is 0 Å². The predicted molar refractivity (Wildman–Crippen MR) is 62.7 cm³/mol. The highest BCUT2D eigenvalue weighted by molar-refractivity contribution is 6.32. The zero-order chi connectivity index (χ0) is 11.1.